The van der Waals surface area contributed by atoms with E-state index in [2.05, 4.69) is 0 Å². The Labute approximate surface area is 153 Å². The normalized spacial score (nSPS) is 28.8. The SMILES string of the molecule is COCC=C(C)C(=O)O[C@H]1CO[C@H]2[C@@H]1OC[C@H]2OC(=O)C(C)=CCOC. The van der Waals surface area contributed by atoms with Gasteiger partial charge in [-0.1, -0.05) is 0 Å². The molecule has 0 bridgehead atoms. The second-order valence-electron chi connectivity index (χ2n) is 6.17. The molecule has 0 aromatic rings. The van der Waals surface area contributed by atoms with Crippen molar-refractivity contribution in [2.45, 2.75) is 38.3 Å². The highest BCUT2D eigenvalue weighted by Crippen LogP contribution is 2.31. The fourth-order valence-corrected chi connectivity index (χ4v) is 2.68. The summed E-state index contributed by atoms with van der Waals surface area (Å²) in [5.41, 5.74) is 0.908. The third-order valence-corrected chi connectivity index (χ3v) is 4.24. The minimum absolute atomic E-state index is 0.200. The maximum atomic E-state index is 12.1. The van der Waals surface area contributed by atoms with E-state index >= 15 is 0 Å². The Morgan fingerprint density at radius 1 is 0.846 bits per heavy atom. The van der Waals surface area contributed by atoms with E-state index in [4.69, 9.17) is 28.4 Å². The maximum absolute atomic E-state index is 12.1. The van der Waals surface area contributed by atoms with Crippen LogP contribution in [0.1, 0.15) is 13.8 Å². The first-order valence-corrected chi connectivity index (χ1v) is 8.44. The van der Waals surface area contributed by atoms with Gasteiger partial charge >= 0.3 is 11.9 Å². The Morgan fingerprint density at radius 3 is 1.58 bits per heavy atom. The largest absolute Gasteiger partial charge is 0.454 e. The monoisotopic (exact) mass is 370 g/mol. The lowest BCUT2D eigenvalue weighted by molar-refractivity contribution is -0.150. The predicted octanol–water partition coefficient (Wildman–Crippen LogP) is 0.793. The van der Waals surface area contributed by atoms with Gasteiger partial charge in [0.05, 0.1) is 26.4 Å². The lowest BCUT2D eigenvalue weighted by atomic mass is 10.1. The Kier molecular flexibility index (Phi) is 7.77. The fourth-order valence-electron chi connectivity index (χ4n) is 2.68. The molecule has 8 heteroatoms. The lowest BCUT2D eigenvalue weighted by Gasteiger charge is -2.17. The quantitative estimate of drug-likeness (QED) is 0.458. The van der Waals surface area contributed by atoms with Gasteiger partial charge in [0.1, 0.15) is 12.2 Å². The van der Waals surface area contributed by atoms with Crippen LogP contribution in [0.25, 0.3) is 0 Å². The van der Waals surface area contributed by atoms with Crippen LogP contribution in [0.5, 0.6) is 0 Å². The molecule has 0 aromatic heterocycles. The summed E-state index contributed by atoms with van der Waals surface area (Å²) in [6, 6.07) is 0. The van der Waals surface area contributed by atoms with Crippen molar-refractivity contribution in [1.82, 2.24) is 0 Å². The molecule has 0 unspecified atom stereocenters. The fraction of sp³-hybridized carbons (Fsp3) is 0.667. The molecule has 2 rings (SSSR count). The van der Waals surface area contributed by atoms with Gasteiger partial charge in [-0.3, -0.25) is 0 Å². The van der Waals surface area contributed by atoms with Crippen LogP contribution in [0.2, 0.25) is 0 Å². The predicted molar refractivity (Wildman–Crippen MR) is 90.5 cm³/mol. The Hall–Kier alpha value is -1.74. The number of carbonyl (C=O) groups is 2. The molecule has 8 nitrogen and oxygen atoms in total. The van der Waals surface area contributed by atoms with Crippen molar-refractivity contribution in [1.29, 1.82) is 0 Å². The molecule has 0 amide bonds. The van der Waals surface area contributed by atoms with Crippen LogP contribution >= 0.6 is 0 Å². The van der Waals surface area contributed by atoms with Gasteiger partial charge in [0.25, 0.3) is 0 Å². The van der Waals surface area contributed by atoms with Crippen LogP contribution in [-0.4, -0.2) is 77.0 Å². The van der Waals surface area contributed by atoms with Crippen LogP contribution in [0.15, 0.2) is 23.3 Å². The number of carbonyl (C=O) groups excluding carboxylic acids is 2. The van der Waals surface area contributed by atoms with E-state index < -0.39 is 36.4 Å². The van der Waals surface area contributed by atoms with Crippen molar-refractivity contribution in [3.05, 3.63) is 23.3 Å². The first kappa shape index (κ1) is 20.6. The van der Waals surface area contributed by atoms with E-state index in [1.165, 1.54) is 0 Å². The summed E-state index contributed by atoms with van der Waals surface area (Å²) in [6.45, 7) is 4.38. The highest BCUT2D eigenvalue weighted by Gasteiger charge is 2.51. The molecular weight excluding hydrogens is 344 g/mol. The summed E-state index contributed by atoms with van der Waals surface area (Å²) in [5, 5.41) is 0. The van der Waals surface area contributed by atoms with E-state index in [0.717, 1.165) is 0 Å². The number of hydrogen-bond acceptors (Lipinski definition) is 8. The van der Waals surface area contributed by atoms with Crippen molar-refractivity contribution in [3.63, 3.8) is 0 Å². The number of esters is 2. The van der Waals surface area contributed by atoms with Crippen LogP contribution < -0.4 is 0 Å². The van der Waals surface area contributed by atoms with Gasteiger partial charge in [0.15, 0.2) is 12.2 Å². The summed E-state index contributed by atoms with van der Waals surface area (Å²) in [4.78, 5) is 24.2. The third kappa shape index (κ3) is 5.14. The molecule has 146 valence electrons. The highest BCUT2D eigenvalue weighted by molar-refractivity contribution is 5.88. The van der Waals surface area contributed by atoms with E-state index in [9.17, 15) is 9.59 Å². The zero-order valence-electron chi connectivity index (χ0n) is 15.6. The van der Waals surface area contributed by atoms with Crippen molar-refractivity contribution < 1.29 is 38.0 Å². The molecule has 0 saturated carbocycles. The molecule has 0 radical (unpaired) electrons. The van der Waals surface area contributed by atoms with Crippen molar-refractivity contribution >= 4 is 11.9 Å². The molecule has 0 spiro atoms. The molecule has 2 fully saturated rings. The average Bonchev–Trinajstić information content (AvgIpc) is 3.21. The first-order valence-electron chi connectivity index (χ1n) is 8.44. The Bertz CT molecular complexity index is 518. The van der Waals surface area contributed by atoms with Crippen LogP contribution in [-0.2, 0) is 38.0 Å². The minimum atomic E-state index is -0.535. The third-order valence-electron chi connectivity index (χ3n) is 4.24. The van der Waals surface area contributed by atoms with Gasteiger partial charge in [-0.25, -0.2) is 9.59 Å². The molecule has 2 saturated heterocycles. The van der Waals surface area contributed by atoms with Crippen molar-refractivity contribution in [2.75, 3.05) is 40.6 Å². The molecule has 0 aromatic carbocycles. The minimum Gasteiger partial charge on any atom is -0.454 e. The molecular formula is C18H26O8. The van der Waals surface area contributed by atoms with Gasteiger partial charge in [0.2, 0.25) is 0 Å². The maximum Gasteiger partial charge on any atom is 0.333 e. The topological polar surface area (TPSA) is 89.5 Å². The Morgan fingerprint density at radius 2 is 1.23 bits per heavy atom. The van der Waals surface area contributed by atoms with E-state index in [0.29, 0.717) is 24.4 Å². The van der Waals surface area contributed by atoms with Crippen molar-refractivity contribution in [2.24, 2.45) is 0 Å². The zero-order chi connectivity index (χ0) is 19.1. The second-order valence-corrected chi connectivity index (χ2v) is 6.17. The molecule has 26 heavy (non-hydrogen) atoms. The number of fused-ring (bicyclic) bond motifs is 1. The number of ether oxygens (including phenoxy) is 6. The summed E-state index contributed by atoms with van der Waals surface area (Å²) in [5.74, 6) is -0.891. The van der Waals surface area contributed by atoms with Crippen molar-refractivity contribution in [3.8, 4) is 0 Å². The van der Waals surface area contributed by atoms with Gasteiger partial charge in [0, 0.05) is 25.4 Å². The standard InChI is InChI=1S/C18H26O8/c1-11(5-7-21-3)17(19)25-13-9-23-16-14(10-24-15(13)16)26-18(20)12(2)6-8-22-4/h5-6,13-16H,7-10H2,1-4H3/t13-,14+,15-,16-/m1/s1. The van der Waals surface area contributed by atoms with E-state index in [1.807, 2.05) is 0 Å². The number of rotatable bonds is 8. The zero-order valence-corrected chi connectivity index (χ0v) is 15.6. The van der Waals surface area contributed by atoms with Gasteiger partial charge < -0.3 is 28.4 Å². The number of methoxy groups -OCH3 is 2. The summed E-state index contributed by atoms with van der Waals surface area (Å²) in [6.07, 6.45) is 1.32. The Balaban J connectivity index is 1.89. The number of hydrogen-bond donors (Lipinski definition) is 0. The second kappa shape index (κ2) is 9.82. The van der Waals surface area contributed by atoms with Crippen LogP contribution in [0.4, 0.5) is 0 Å². The summed E-state index contributed by atoms with van der Waals surface area (Å²) >= 11 is 0. The van der Waals surface area contributed by atoms with Crippen LogP contribution in [0, 0.1) is 0 Å². The molecule has 2 aliphatic heterocycles. The molecule has 4 atom stereocenters. The average molecular weight is 370 g/mol. The molecule has 2 aliphatic rings. The molecule has 2 heterocycles. The molecule has 0 aliphatic carbocycles. The lowest BCUT2D eigenvalue weighted by Crippen LogP contribution is -2.36. The smallest absolute Gasteiger partial charge is 0.333 e. The van der Waals surface area contributed by atoms with E-state index in [-0.39, 0.29) is 13.2 Å². The van der Waals surface area contributed by atoms with Gasteiger partial charge in [-0.15, -0.1) is 0 Å². The highest BCUT2D eigenvalue weighted by atomic mass is 16.7. The van der Waals surface area contributed by atoms with Gasteiger partial charge in [-0.05, 0) is 26.0 Å². The van der Waals surface area contributed by atoms with E-state index in [1.54, 1.807) is 40.2 Å². The summed E-state index contributed by atoms with van der Waals surface area (Å²) in [7, 11) is 3.09. The first-order chi connectivity index (χ1) is 12.5. The molecule has 0 N–H and O–H groups in total. The summed E-state index contributed by atoms with van der Waals surface area (Å²) < 4.78 is 32.0. The van der Waals surface area contributed by atoms with Gasteiger partial charge in [-0.2, -0.15) is 0 Å². The van der Waals surface area contributed by atoms with Crippen LogP contribution in [0.3, 0.4) is 0 Å².